The van der Waals surface area contributed by atoms with Crippen LogP contribution in [0.4, 0.5) is 0 Å². The maximum Gasteiger partial charge on any atom is 0.178 e. The van der Waals surface area contributed by atoms with Gasteiger partial charge in [-0.3, -0.25) is 10.00 Å². The van der Waals surface area contributed by atoms with E-state index in [0.29, 0.717) is 4.90 Å². The maximum atomic E-state index is 11.9. The lowest BCUT2D eigenvalue weighted by Gasteiger charge is -2.32. The lowest BCUT2D eigenvalue weighted by atomic mass is 9.95. The van der Waals surface area contributed by atoms with Crippen molar-refractivity contribution in [1.29, 1.82) is 0 Å². The van der Waals surface area contributed by atoms with Crippen LogP contribution in [0.15, 0.2) is 23.5 Å². The third kappa shape index (κ3) is 3.07. The molecule has 1 fully saturated rings. The summed E-state index contributed by atoms with van der Waals surface area (Å²) in [5.74, 6) is 1.19. The summed E-state index contributed by atoms with van der Waals surface area (Å²) >= 11 is 0. The fourth-order valence-corrected chi connectivity index (χ4v) is 3.91. The summed E-state index contributed by atoms with van der Waals surface area (Å²) in [6.07, 6.45) is 8.40. The molecule has 1 saturated heterocycles. The van der Waals surface area contributed by atoms with Gasteiger partial charge in [-0.15, -0.1) is 0 Å². The minimum Gasteiger partial charge on any atom is -0.337 e. The molecule has 0 aromatic carbocycles. The zero-order valence-electron chi connectivity index (χ0n) is 12.9. The van der Waals surface area contributed by atoms with Gasteiger partial charge >= 0.3 is 0 Å². The Kier molecular flexibility index (Phi) is 4.05. The molecule has 3 heterocycles. The molecule has 8 heteroatoms. The van der Waals surface area contributed by atoms with Crippen LogP contribution in [0.5, 0.6) is 0 Å². The Labute approximate surface area is 130 Å². The number of aromatic amines is 1. The first-order chi connectivity index (χ1) is 10.4. The molecular weight excluding hydrogens is 302 g/mol. The monoisotopic (exact) mass is 323 g/mol. The number of hydrogen-bond acceptors (Lipinski definition) is 5. The van der Waals surface area contributed by atoms with E-state index in [0.717, 1.165) is 44.0 Å². The molecule has 120 valence electrons. The summed E-state index contributed by atoms with van der Waals surface area (Å²) in [4.78, 5) is 7.01. The number of nitrogens with one attached hydrogen (secondary N) is 1. The smallest absolute Gasteiger partial charge is 0.178 e. The average Bonchev–Trinajstić information content (AvgIpc) is 3.08. The van der Waals surface area contributed by atoms with Gasteiger partial charge in [-0.05, 0) is 19.4 Å². The summed E-state index contributed by atoms with van der Waals surface area (Å²) in [7, 11) is -1.26. The van der Waals surface area contributed by atoms with E-state index >= 15 is 0 Å². The van der Waals surface area contributed by atoms with Crippen LogP contribution < -0.4 is 0 Å². The summed E-state index contributed by atoms with van der Waals surface area (Å²) in [5, 5.41) is 6.84. The number of imidazole rings is 1. The van der Waals surface area contributed by atoms with Crippen LogP contribution in [0.2, 0.25) is 0 Å². The van der Waals surface area contributed by atoms with Crippen molar-refractivity contribution in [2.24, 2.45) is 7.05 Å². The second-order valence-electron chi connectivity index (χ2n) is 5.95. The Morgan fingerprint density at radius 1 is 1.45 bits per heavy atom. The quantitative estimate of drug-likeness (QED) is 0.905. The Morgan fingerprint density at radius 3 is 2.95 bits per heavy atom. The Balaban J connectivity index is 1.76. The Hall–Kier alpha value is -1.67. The van der Waals surface area contributed by atoms with Crippen molar-refractivity contribution >= 4 is 9.84 Å². The highest BCUT2D eigenvalue weighted by molar-refractivity contribution is 7.90. The molecule has 0 spiro atoms. The van der Waals surface area contributed by atoms with E-state index in [9.17, 15) is 8.42 Å². The number of rotatable bonds is 4. The highest BCUT2D eigenvalue weighted by Gasteiger charge is 2.28. The lowest BCUT2D eigenvalue weighted by Crippen LogP contribution is -2.35. The first-order valence-corrected chi connectivity index (χ1v) is 9.26. The van der Waals surface area contributed by atoms with Crippen LogP contribution in [-0.2, 0) is 23.4 Å². The van der Waals surface area contributed by atoms with Gasteiger partial charge in [0.15, 0.2) is 9.84 Å². The first kappa shape index (κ1) is 15.2. The van der Waals surface area contributed by atoms with Crippen LogP contribution in [0.3, 0.4) is 0 Å². The summed E-state index contributed by atoms with van der Waals surface area (Å²) in [6, 6.07) is 0. The van der Waals surface area contributed by atoms with Crippen LogP contribution >= 0.6 is 0 Å². The van der Waals surface area contributed by atoms with Crippen LogP contribution in [-0.4, -0.2) is 52.4 Å². The van der Waals surface area contributed by atoms with Crippen molar-refractivity contribution in [3.8, 4) is 0 Å². The van der Waals surface area contributed by atoms with Gasteiger partial charge in [0.2, 0.25) is 0 Å². The fourth-order valence-electron chi connectivity index (χ4n) is 3.06. The lowest BCUT2D eigenvalue weighted by molar-refractivity contribution is 0.191. The summed E-state index contributed by atoms with van der Waals surface area (Å²) < 4.78 is 25.7. The molecule has 1 N–H and O–H groups in total. The second kappa shape index (κ2) is 5.85. The minimum absolute atomic E-state index is 0.168. The van der Waals surface area contributed by atoms with Gasteiger partial charge < -0.3 is 4.57 Å². The number of H-pyrrole nitrogens is 1. The topological polar surface area (TPSA) is 83.9 Å². The third-order valence-corrected chi connectivity index (χ3v) is 5.36. The molecule has 0 radical (unpaired) electrons. The minimum atomic E-state index is -3.24. The molecule has 0 saturated carbocycles. The molecule has 0 bridgehead atoms. The molecule has 1 aliphatic rings. The van der Waals surface area contributed by atoms with Crippen molar-refractivity contribution in [1.82, 2.24) is 24.6 Å². The van der Waals surface area contributed by atoms with Gasteiger partial charge in [0, 0.05) is 38.2 Å². The van der Waals surface area contributed by atoms with Gasteiger partial charge in [-0.25, -0.2) is 13.4 Å². The number of hydrogen-bond donors (Lipinski definition) is 1. The number of aryl methyl sites for hydroxylation is 1. The van der Waals surface area contributed by atoms with Crippen molar-refractivity contribution in [3.05, 3.63) is 30.1 Å². The average molecular weight is 323 g/mol. The molecule has 0 unspecified atom stereocenters. The van der Waals surface area contributed by atoms with Crippen molar-refractivity contribution in [3.63, 3.8) is 0 Å². The predicted octanol–water partition coefficient (Wildman–Crippen LogP) is 0.926. The van der Waals surface area contributed by atoms with Crippen LogP contribution in [0.1, 0.15) is 30.3 Å². The van der Waals surface area contributed by atoms with Crippen LogP contribution in [0, 0.1) is 0 Å². The van der Waals surface area contributed by atoms with E-state index < -0.39 is 9.84 Å². The highest BCUT2D eigenvalue weighted by atomic mass is 32.2. The summed E-state index contributed by atoms with van der Waals surface area (Å²) in [6.45, 7) is 2.60. The largest absolute Gasteiger partial charge is 0.337 e. The summed E-state index contributed by atoms with van der Waals surface area (Å²) in [5.41, 5.74) is 0.743. The van der Waals surface area contributed by atoms with Crippen molar-refractivity contribution < 1.29 is 8.42 Å². The number of aromatic nitrogens is 4. The molecule has 1 atom stereocenters. The van der Waals surface area contributed by atoms with E-state index in [4.69, 9.17) is 0 Å². The standard InChI is InChI=1S/C14H21N5O2S/c1-18-7-5-15-13(18)10-19-6-3-4-11(9-19)14-12(8-16-17-14)22(2,20)21/h5,7-8,11H,3-4,6,9-10H2,1-2H3,(H,16,17)/t11-/m1/s1. The molecular formula is C14H21N5O2S. The number of likely N-dealkylation sites (tertiary alicyclic amines) is 1. The second-order valence-corrected chi connectivity index (χ2v) is 7.93. The van der Waals surface area contributed by atoms with Crippen molar-refractivity contribution in [2.45, 2.75) is 30.2 Å². The zero-order valence-corrected chi connectivity index (χ0v) is 13.7. The number of piperidine rings is 1. The number of sulfone groups is 1. The maximum absolute atomic E-state index is 11.9. The van der Waals surface area contributed by atoms with E-state index in [1.165, 1.54) is 12.5 Å². The molecule has 0 amide bonds. The normalized spacial score (nSPS) is 20.4. The van der Waals surface area contributed by atoms with Gasteiger partial charge in [0.1, 0.15) is 10.7 Å². The molecule has 1 aliphatic heterocycles. The molecule has 7 nitrogen and oxygen atoms in total. The van der Waals surface area contributed by atoms with Gasteiger partial charge in [0.05, 0.1) is 18.4 Å². The van der Waals surface area contributed by atoms with Gasteiger partial charge in [0.25, 0.3) is 0 Å². The Morgan fingerprint density at radius 2 is 2.27 bits per heavy atom. The van der Waals surface area contributed by atoms with E-state index in [1.807, 2.05) is 17.8 Å². The molecule has 22 heavy (non-hydrogen) atoms. The molecule has 0 aliphatic carbocycles. The van der Waals surface area contributed by atoms with E-state index in [2.05, 4.69) is 20.1 Å². The SMILES string of the molecule is Cn1ccnc1CN1CCC[C@@H](c2[nH]ncc2S(C)(=O)=O)C1. The first-order valence-electron chi connectivity index (χ1n) is 7.37. The van der Waals surface area contributed by atoms with Gasteiger partial charge in [-0.1, -0.05) is 0 Å². The third-order valence-electron chi connectivity index (χ3n) is 4.23. The van der Waals surface area contributed by atoms with Crippen molar-refractivity contribution in [2.75, 3.05) is 19.3 Å². The van der Waals surface area contributed by atoms with E-state index in [1.54, 1.807) is 6.20 Å². The molecule has 2 aromatic rings. The molecule has 3 rings (SSSR count). The Bertz CT molecular complexity index is 749. The number of nitrogens with zero attached hydrogens (tertiary/aromatic N) is 4. The van der Waals surface area contributed by atoms with Gasteiger partial charge in [-0.2, -0.15) is 5.10 Å². The highest BCUT2D eigenvalue weighted by Crippen LogP contribution is 2.30. The molecule has 2 aromatic heterocycles. The zero-order chi connectivity index (χ0) is 15.7. The predicted molar refractivity (Wildman–Crippen MR) is 82.2 cm³/mol. The van der Waals surface area contributed by atoms with Crippen LogP contribution in [0.25, 0.3) is 0 Å². The van der Waals surface area contributed by atoms with E-state index in [-0.39, 0.29) is 5.92 Å². The fraction of sp³-hybridized carbons (Fsp3) is 0.571.